The van der Waals surface area contributed by atoms with Crippen LogP contribution in [0.4, 0.5) is 0 Å². The average Bonchev–Trinajstić information content (AvgIpc) is 3.17. The van der Waals surface area contributed by atoms with Crippen LogP contribution in [0.2, 0.25) is 0 Å². The predicted molar refractivity (Wildman–Crippen MR) is 67.9 cm³/mol. The van der Waals surface area contributed by atoms with Crippen molar-refractivity contribution in [1.82, 2.24) is 0 Å². The molecule has 1 aromatic rings. The van der Waals surface area contributed by atoms with Gasteiger partial charge in [0.05, 0.1) is 22.9 Å². The standard InChI is InChI=1S/C13H16O5S/c14-9-4-13(5-9)19(15,16)12-3-1-2-10(6-12)17-7-11-8-18-11/h1-3,6,9,11,13-14H,4-5,7-8H2/t9?,11-,13?/m1/s1. The fourth-order valence-electron chi connectivity index (χ4n) is 2.08. The van der Waals surface area contributed by atoms with E-state index < -0.39 is 21.2 Å². The summed E-state index contributed by atoms with van der Waals surface area (Å²) in [5, 5.41) is 8.76. The molecule has 0 unspecified atom stereocenters. The number of sulfone groups is 1. The topological polar surface area (TPSA) is 76.1 Å². The predicted octanol–water partition coefficient (Wildman–Crippen LogP) is 0.761. The Labute approximate surface area is 112 Å². The van der Waals surface area contributed by atoms with Crippen LogP contribution in [0.15, 0.2) is 29.2 Å². The number of ether oxygens (including phenoxy) is 2. The van der Waals surface area contributed by atoms with Crippen LogP contribution in [0.5, 0.6) is 5.75 Å². The van der Waals surface area contributed by atoms with E-state index in [4.69, 9.17) is 9.47 Å². The van der Waals surface area contributed by atoms with Gasteiger partial charge in [0.1, 0.15) is 18.5 Å². The van der Waals surface area contributed by atoms with Gasteiger partial charge in [-0.05, 0) is 31.0 Å². The summed E-state index contributed by atoms with van der Waals surface area (Å²) in [6.45, 7) is 1.16. The number of benzene rings is 1. The molecule has 5 nitrogen and oxygen atoms in total. The molecule has 1 aromatic carbocycles. The zero-order valence-electron chi connectivity index (χ0n) is 10.4. The molecule has 1 N–H and O–H groups in total. The molecule has 0 amide bonds. The highest BCUT2D eigenvalue weighted by Crippen LogP contribution is 2.32. The van der Waals surface area contributed by atoms with E-state index in [1.54, 1.807) is 24.3 Å². The van der Waals surface area contributed by atoms with E-state index in [2.05, 4.69) is 0 Å². The molecular weight excluding hydrogens is 268 g/mol. The summed E-state index contributed by atoms with van der Waals surface area (Å²) in [7, 11) is -3.35. The lowest BCUT2D eigenvalue weighted by atomic mass is 9.96. The molecule has 1 saturated heterocycles. The first-order valence-electron chi connectivity index (χ1n) is 6.32. The monoisotopic (exact) mass is 284 g/mol. The van der Waals surface area contributed by atoms with Gasteiger partial charge in [0, 0.05) is 0 Å². The third kappa shape index (κ3) is 2.75. The molecule has 1 heterocycles. The highest BCUT2D eigenvalue weighted by molar-refractivity contribution is 7.92. The van der Waals surface area contributed by atoms with Gasteiger partial charge in [-0.15, -0.1) is 0 Å². The number of hydrogen-bond acceptors (Lipinski definition) is 5. The van der Waals surface area contributed by atoms with E-state index in [-0.39, 0.29) is 11.0 Å². The Morgan fingerprint density at radius 2 is 2.11 bits per heavy atom. The summed E-state index contributed by atoms with van der Waals surface area (Å²) in [4.78, 5) is 0.263. The molecule has 1 saturated carbocycles. The third-order valence-corrected chi connectivity index (χ3v) is 5.65. The van der Waals surface area contributed by atoms with Crippen molar-refractivity contribution in [2.24, 2.45) is 0 Å². The van der Waals surface area contributed by atoms with E-state index in [0.717, 1.165) is 0 Å². The Balaban J connectivity index is 1.74. The first-order chi connectivity index (χ1) is 9.05. The maximum atomic E-state index is 12.3. The molecule has 1 atom stereocenters. The van der Waals surface area contributed by atoms with Gasteiger partial charge in [0.2, 0.25) is 0 Å². The smallest absolute Gasteiger partial charge is 0.181 e. The Morgan fingerprint density at radius 1 is 1.37 bits per heavy atom. The molecule has 3 rings (SSSR count). The number of aliphatic hydroxyl groups excluding tert-OH is 1. The molecule has 0 bridgehead atoms. The van der Waals surface area contributed by atoms with Crippen molar-refractivity contribution in [2.45, 2.75) is 35.2 Å². The van der Waals surface area contributed by atoms with Gasteiger partial charge in [0.25, 0.3) is 0 Å². The van der Waals surface area contributed by atoms with Crippen molar-refractivity contribution < 1.29 is 23.0 Å². The lowest BCUT2D eigenvalue weighted by Crippen LogP contribution is -2.39. The first kappa shape index (κ1) is 12.9. The molecule has 0 aromatic heterocycles. The Hall–Kier alpha value is -1.11. The van der Waals surface area contributed by atoms with Gasteiger partial charge < -0.3 is 14.6 Å². The second-order valence-electron chi connectivity index (χ2n) is 5.03. The van der Waals surface area contributed by atoms with Crippen LogP contribution < -0.4 is 4.74 Å². The van der Waals surface area contributed by atoms with Crippen LogP contribution >= 0.6 is 0 Å². The number of aliphatic hydroxyl groups is 1. The maximum Gasteiger partial charge on any atom is 0.181 e. The highest BCUT2D eigenvalue weighted by Gasteiger charge is 2.38. The van der Waals surface area contributed by atoms with Gasteiger partial charge in [0.15, 0.2) is 9.84 Å². The van der Waals surface area contributed by atoms with Gasteiger partial charge >= 0.3 is 0 Å². The molecule has 1 aliphatic carbocycles. The molecule has 6 heteroatoms. The van der Waals surface area contributed by atoms with E-state index in [1.807, 2.05) is 0 Å². The molecule has 0 radical (unpaired) electrons. The van der Waals surface area contributed by atoms with E-state index in [9.17, 15) is 13.5 Å². The lowest BCUT2D eigenvalue weighted by molar-refractivity contribution is 0.0977. The molecule has 2 fully saturated rings. The third-order valence-electron chi connectivity index (χ3n) is 3.48. The molecule has 1 aliphatic heterocycles. The zero-order chi connectivity index (χ0) is 13.5. The normalized spacial score (nSPS) is 29.6. The van der Waals surface area contributed by atoms with Crippen LogP contribution in [-0.2, 0) is 14.6 Å². The minimum atomic E-state index is -3.35. The van der Waals surface area contributed by atoms with Crippen LogP contribution in [-0.4, -0.2) is 44.2 Å². The summed E-state index contributed by atoms with van der Waals surface area (Å²) in [6.07, 6.45) is 0.306. The van der Waals surface area contributed by atoms with E-state index in [0.29, 0.717) is 31.8 Å². The van der Waals surface area contributed by atoms with Crippen LogP contribution in [0.25, 0.3) is 0 Å². The van der Waals surface area contributed by atoms with Crippen LogP contribution in [0.1, 0.15) is 12.8 Å². The molecule has 19 heavy (non-hydrogen) atoms. The number of rotatable bonds is 5. The van der Waals surface area contributed by atoms with Crippen molar-refractivity contribution in [1.29, 1.82) is 0 Å². The maximum absolute atomic E-state index is 12.3. The number of hydrogen-bond donors (Lipinski definition) is 1. The zero-order valence-corrected chi connectivity index (χ0v) is 11.2. The van der Waals surface area contributed by atoms with Crippen molar-refractivity contribution in [3.05, 3.63) is 24.3 Å². The van der Waals surface area contributed by atoms with Crippen LogP contribution in [0, 0.1) is 0 Å². The minimum Gasteiger partial charge on any atom is -0.491 e. The molecule has 0 spiro atoms. The fourth-order valence-corrected chi connectivity index (χ4v) is 3.96. The Morgan fingerprint density at radius 3 is 2.74 bits per heavy atom. The summed E-state index contributed by atoms with van der Waals surface area (Å²) < 4.78 is 35.1. The van der Waals surface area contributed by atoms with Gasteiger partial charge in [-0.3, -0.25) is 0 Å². The van der Waals surface area contributed by atoms with Crippen molar-refractivity contribution >= 4 is 9.84 Å². The molecule has 104 valence electrons. The summed E-state index contributed by atoms with van der Waals surface area (Å²) >= 11 is 0. The number of epoxide rings is 1. The summed E-state index contributed by atoms with van der Waals surface area (Å²) in [5.74, 6) is 0.538. The Bertz CT molecular complexity index is 558. The lowest BCUT2D eigenvalue weighted by Gasteiger charge is -2.30. The largest absolute Gasteiger partial charge is 0.491 e. The first-order valence-corrected chi connectivity index (χ1v) is 7.87. The van der Waals surface area contributed by atoms with Crippen molar-refractivity contribution in [2.75, 3.05) is 13.2 Å². The highest BCUT2D eigenvalue weighted by atomic mass is 32.2. The van der Waals surface area contributed by atoms with Crippen molar-refractivity contribution in [3.63, 3.8) is 0 Å². The molecular formula is C13H16O5S. The molecule has 2 aliphatic rings. The fraction of sp³-hybridized carbons (Fsp3) is 0.538. The second kappa shape index (κ2) is 4.77. The summed E-state index contributed by atoms with van der Waals surface area (Å²) in [6, 6.07) is 6.52. The van der Waals surface area contributed by atoms with Gasteiger partial charge in [-0.2, -0.15) is 0 Å². The SMILES string of the molecule is O=S(=O)(c1cccc(OC[C@@H]2CO2)c1)C1CC(O)C1. The second-order valence-corrected chi connectivity index (χ2v) is 7.26. The van der Waals surface area contributed by atoms with Gasteiger partial charge in [-0.25, -0.2) is 8.42 Å². The van der Waals surface area contributed by atoms with Crippen molar-refractivity contribution in [3.8, 4) is 5.75 Å². The van der Waals surface area contributed by atoms with E-state index in [1.165, 1.54) is 0 Å². The van der Waals surface area contributed by atoms with E-state index >= 15 is 0 Å². The van der Waals surface area contributed by atoms with Gasteiger partial charge in [-0.1, -0.05) is 6.07 Å². The average molecular weight is 284 g/mol. The summed E-state index contributed by atoms with van der Waals surface area (Å²) in [5.41, 5.74) is 0. The van der Waals surface area contributed by atoms with Crippen LogP contribution in [0.3, 0.4) is 0 Å². The quantitative estimate of drug-likeness (QED) is 0.808. The minimum absolute atomic E-state index is 0.141. The Kier molecular flexibility index (Phi) is 3.24.